The highest BCUT2D eigenvalue weighted by Crippen LogP contribution is 2.27. The molecule has 21 heavy (non-hydrogen) atoms. The minimum absolute atomic E-state index is 0.00185. The van der Waals surface area contributed by atoms with Gasteiger partial charge in [0.2, 0.25) is 5.91 Å². The van der Waals surface area contributed by atoms with Gasteiger partial charge < -0.3 is 11.5 Å². The Labute approximate surface area is 136 Å². The zero-order valence-electron chi connectivity index (χ0n) is 13.1. The van der Waals surface area contributed by atoms with Crippen molar-refractivity contribution in [1.82, 2.24) is 4.90 Å². The minimum atomic E-state index is -0.318. The van der Waals surface area contributed by atoms with Crippen LogP contribution in [0.1, 0.15) is 38.8 Å². The Hall–Kier alpha value is -0.910. The molecule has 0 fully saturated rings. The molecule has 5 heteroatoms. The summed E-state index contributed by atoms with van der Waals surface area (Å²) < 4.78 is 1.03. The third kappa shape index (κ3) is 5.77. The highest BCUT2D eigenvalue weighted by atomic mass is 79.9. The Morgan fingerprint density at radius 3 is 2.29 bits per heavy atom. The van der Waals surface area contributed by atoms with Gasteiger partial charge in [0.1, 0.15) is 0 Å². The lowest BCUT2D eigenvalue weighted by Crippen LogP contribution is -2.46. The van der Waals surface area contributed by atoms with Crippen LogP contribution in [0.4, 0.5) is 0 Å². The molecule has 0 saturated heterocycles. The normalized spacial score (nSPS) is 14.4. The first-order chi connectivity index (χ1) is 9.85. The Bertz CT molecular complexity index is 447. The number of nitrogens with zero attached hydrogens (tertiary/aromatic N) is 1. The van der Waals surface area contributed by atoms with E-state index in [1.807, 2.05) is 12.1 Å². The number of amides is 1. The van der Waals surface area contributed by atoms with Gasteiger partial charge in [-0.25, -0.2) is 0 Å². The number of halogens is 1. The first kappa shape index (κ1) is 18.1. The number of hydrogen-bond donors (Lipinski definition) is 2. The summed E-state index contributed by atoms with van der Waals surface area (Å²) in [5.74, 6) is 0.118. The fourth-order valence-electron chi connectivity index (χ4n) is 2.56. The topological polar surface area (TPSA) is 72.3 Å². The van der Waals surface area contributed by atoms with Crippen LogP contribution in [-0.2, 0) is 4.79 Å². The van der Waals surface area contributed by atoms with E-state index in [9.17, 15) is 4.79 Å². The Kier molecular flexibility index (Phi) is 7.35. The number of nitrogens with two attached hydrogens (primary N) is 2. The standard InChI is InChI=1S/C16H26BrN3O/c1-4-14(18)16(12-5-7-13(17)8-6-12)20(9-11(2)3)10-15(19)21/h5-8,11,14,16H,4,9-10,18H2,1-3H3,(H2,19,21). The maximum Gasteiger partial charge on any atom is 0.231 e. The molecule has 0 bridgehead atoms. The molecule has 0 spiro atoms. The lowest BCUT2D eigenvalue weighted by atomic mass is 9.95. The van der Waals surface area contributed by atoms with Gasteiger partial charge in [-0.2, -0.15) is 0 Å². The summed E-state index contributed by atoms with van der Waals surface area (Å²) in [4.78, 5) is 13.5. The van der Waals surface area contributed by atoms with E-state index in [1.54, 1.807) is 0 Å². The van der Waals surface area contributed by atoms with E-state index in [2.05, 4.69) is 53.7 Å². The van der Waals surface area contributed by atoms with Crippen LogP contribution in [0.5, 0.6) is 0 Å². The molecular formula is C16H26BrN3O. The molecule has 1 amide bonds. The molecular weight excluding hydrogens is 330 g/mol. The van der Waals surface area contributed by atoms with E-state index < -0.39 is 0 Å². The molecule has 118 valence electrons. The first-order valence-corrected chi connectivity index (χ1v) is 8.17. The summed E-state index contributed by atoms with van der Waals surface area (Å²) in [5.41, 5.74) is 12.9. The Morgan fingerprint density at radius 2 is 1.86 bits per heavy atom. The van der Waals surface area contributed by atoms with Crippen molar-refractivity contribution >= 4 is 21.8 Å². The van der Waals surface area contributed by atoms with Crippen LogP contribution in [0.15, 0.2) is 28.7 Å². The van der Waals surface area contributed by atoms with Gasteiger partial charge >= 0.3 is 0 Å². The van der Waals surface area contributed by atoms with Gasteiger partial charge in [0.15, 0.2) is 0 Å². The second-order valence-electron chi connectivity index (χ2n) is 5.86. The monoisotopic (exact) mass is 355 g/mol. The van der Waals surface area contributed by atoms with Crippen LogP contribution >= 0.6 is 15.9 Å². The molecule has 0 aliphatic carbocycles. The van der Waals surface area contributed by atoms with Crippen LogP contribution in [0.3, 0.4) is 0 Å². The number of carbonyl (C=O) groups excluding carboxylic acids is 1. The van der Waals surface area contributed by atoms with Gasteiger partial charge in [0, 0.05) is 17.1 Å². The molecule has 2 unspecified atom stereocenters. The van der Waals surface area contributed by atoms with Crippen LogP contribution in [0.25, 0.3) is 0 Å². The number of benzene rings is 1. The van der Waals surface area contributed by atoms with E-state index in [-0.39, 0.29) is 24.5 Å². The molecule has 0 aromatic heterocycles. The van der Waals surface area contributed by atoms with Crippen molar-refractivity contribution in [3.8, 4) is 0 Å². The van der Waals surface area contributed by atoms with Crippen LogP contribution < -0.4 is 11.5 Å². The van der Waals surface area contributed by atoms with Crippen molar-refractivity contribution in [1.29, 1.82) is 0 Å². The predicted molar refractivity (Wildman–Crippen MR) is 90.8 cm³/mol. The summed E-state index contributed by atoms with van der Waals surface area (Å²) >= 11 is 3.45. The first-order valence-electron chi connectivity index (χ1n) is 7.38. The fourth-order valence-corrected chi connectivity index (χ4v) is 2.82. The van der Waals surface area contributed by atoms with Gasteiger partial charge in [0.05, 0.1) is 12.6 Å². The smallest absolute Gasteiger partial charge is 0.231 e. The average molecular weight is 356 g/mol. The number of primary amides is 1. The molecule has 4 nitrogen and oxygen atoms in total. The van der Waals surface area contributed by atoms with E-state index in [4.69, 9.17) is 11.5 Å². The molecule has 4 N–H and O–H groups in total. The molecule has 1 aromatic carbocycles. The highest BCUT2D eigenvalue weighted by molar-refractivity contribution is 9.10. The fraction of sp³-hybridized carbons (Fsp3) is 0.562. The summed E-state index contributed by atoms with van der Waals surface area (Å²) in [6.45, 7) is 7.34. The average Bonchev–Trinajstić information content (AvgIpc) is 2.39. The molecule has 2 atom stereocenters. The summed E-state index contributed by atoms with van der Waals surface area (Å²) in [6.07, 6.45) is 0.841. The highest BCUT2D eigenvalue weighted by Gasteiger charge is 2.27. The van der Waals surface area contributed by atoms with Crippen molar-refractivity contribution in [2.24, 2.45) is 17.4 Å². The summed E-state index contributed by atoms with van der Waals surface area (Å²) in [6, 6.07) is 8.07. The number of hydrogen-bond acceptors (Lipinski definition) is 3. The lowest BCUT2D eigenvalue weighted by Gasteiger charge is -2.36. The van der Waals surface area contributed by atoms with Gasteiger partial charge in [-0.15, -0.1) is 0 Å². The molecule has 0 aliphatic rings. The predicted octanol–water partition coefficient (Wildman–Crippen LogP) is 2.67. The summed E-state index contributed by atoms with van der Waals surface area (Å²) in [5, 5.41) is 0. The van der Waals surface area contributed by atoms with Gasteiger partial charge in [-0.1, -0.05) is 48.8 Å². The van der Waals surface area contributed by atoms with Crippen LogP contribution in [-0.4, -0.2) is 29.9 Å². The van der Waals surface area contributed by atoms with Crippen LogP contribution in [0.2, 0.25) is 0 Å². The van der Waals surface area contributed by atoms with Crippen molar-refractivity contribution in [3.63, 3.8) is 0 Å². The minimum Gasteiger partial charge on any atom is -0.369 e. The van der Waals surface area contributed by atoms with Crippen molar-refractivity contribution in [2.45, 2.75) is 39.3 Å². The largest absolute Gasteiger partial charge is 0.369 e. The second kappa shape index (κ2) is 8.51. The Morgan fingerprint density at radius 1 is 1.29 bits per heavy atom. The van der Waals surface area contributed by atoms with Gasteiger partial charge in [-0.05, 0) is 30.0 Å². The van der Waals surface area contributed by atoms with Crippen LogP contribution in [0, 0.1) is 5.92 Å². The SMILES string of the molecule is CCC(N)C(c1ccc(Br)cc1)N(CC(N)=O)CC(C)C. The summed E-state index contributed by atoms with van der Waals surface area (Å²) in [7, 11) is 0. The number of rotatable bonds is 8. The lowest BCUT2D eigenvalue weighted by molar-refractivity contribution is -0.120. The third-order valence-electron chi connectivity index (χ3n) is 3.44. The molecule has 1 aromatic rings. The van der Waals surface area contributed by atoms with Gasteiger partial charge in [0.25, 0.3) is 0 Å². The zero-order valence-corrected chi connectivity index (χ0v) is 14.6. The maximum atomic E-state index is 11.4. The molecule has 0 saturated carbocycles. The molecule has 1 rings (SSSR count). The third-order valence-corrected chi connectivity index (χ3v) is 3.97. The van der Waals surface area contributed by atoms with Crippen molar-refractivity contribution < 1.29 is 4.79 Å². The zero-order chi connectivity index (χ0) is 16.0. The second-order valence-corrected chi connectivity index (χ2v) is 6.77. The number of carbonyl (C=O) groups is 1. The molecule has 0 heterocycles. The van der Waals surface area contributed by atoms with Crippen molar-refractivity contribution in [2.75, 3.05) is 13.1 Å². The quantitative estimate of drug-likeness (QED) is 0.752. The van der Waals surface area contributed by atoms with Gasteiger partial charge in [-0.3, -0.25) is 9.69 Å². The maximum absolute atomic E-state index is 11.4. The molecule has 0 aliphatic heterocycles. The van der Waals surface area contributed by atoms with E-state index >= 15 is 0 Å². The van der Waals surface area contributed by atoms with E-state index in [0.29, 0.717) is 5.92 Å². The Balaban J connectivity index is 3.12. The van der Waals surface area contributed by atoms with Crippen molar-refractivity contribution in [3.05, 3.63) is 34.3 Å². The van der Waals surface area contributed by atoms with E-state index in [0.717, 1.165) is 23.0 Å². The molecule has 0 radical (unpaired) electrons. The van der Waals surface area contributed by atoms with E-state index in [1.165, 1.54) is 0 Å².